The zero-order valence-corrected chi connectivity index (χ0v) is 17.6. The summed E-state index contributed by atoms with van der Waals surface area (Å²) in [5, 5.41) is 3.32. The number of hydrogen-bond acceptors (Lipinski definition) is 4. The van der Waals surface area contributed by atoms with Crippen molar-refractivity contribution >= 4 is 12.1 Å². The maximum absolute atomic E-state index is 11.8. The fourth-order valence-electron chi connectivity index (χ4n) is 4.07. The Bertz CT molecular complexity index is 680. The van der Waals surface area contributed by atoms with E-state index in [2.05, 4.69) is 39.5 Å². The Morgan fingerprint density at radius 3 is 2.52 bits per heavy atom. The van der Waals surface area contributed by atoms with Crippen LogP contribution in [0, 0.1) is 0 Å². The normalized spacial score (nSPS) is 19.2. The average molecular weight is 402 g/mol. The summed E-state index contributed by atoms with van der Waals surface area (Å²) in [5.74, 6) is 0.479. The van der Waals surface area contributed by atoms with Gasteiger partial charge in [-0.1, -0.05) is 30.7 Å². The summed E-state index contributed by atoms with van der Waals surface area (Å²) in [5.41, 5.74) is 8.73. The molecule has 0 radical (unpaired) electrons. The Balaban J connectivity index is 1.48. The van der Waals surface area contributed by atoms with Gasteiger partial charge >= 0.3 is 6.09 Å². The van der Waals surface area contributed by atoms with Gasteiger partial charge in [0.2, 0.25) is 0 Å². The van der Waals surface area contributed by atoms with Gasteiger partial charge in [0.1, 0.15) is 0 Å². The highest BCUT2D eigenvalue weighted by Crippen LogP contribution is 2.17. The first-order valence-corrected chi connectivity index (χ1v) is 10.9. The maximum Gasteiger partial charge on any atom is 0.409 e. The fraction of sp³-hybridized carbons (Fsp3) is 0.636. The van der Waals surface area contributed by atoms with E-state index in [-0.39, 0.29) is 12.1 Å². The van der Waals surface area contributed by atoms with Crippen LogP contribution in [0.2, 0.25) is 0 Å². The lowest BCUT2D eigenvalue weighted by Crippen LogP contribution is -2.48. The molecule has 1 aromatic carbocycles. The number of carbonyl (C=O) groups is 1. The number of likely N-dealkylation sites (tertiary alicyclic amines) is 2. The van der Waals surface area contributed by atoms with Crippen molar-refractivity contribution < 1.29 is 9.53 Å². The van der Waals surface area contributed by atoms with E-state index in [9.17, 15) is 4.79 Å². The number of rotatable bonds is 6. The highest BCUT2D eigenvalue weighted by Gasteiger charge is 2.23. The molecule has 2 aliphatic heterocycles. The van der Waals surface area contributed by atoms with E-state index in [0.717, 1.165) is 19.4 Å². The first-order chi connectivity index (χ1) is 14.2. The molecule has 1 aromatic rings. The van der Waals surface area contributed by atoms with E-state index in [1.165, 1.54) is 43.5 Å². The molecule has 2 aliphatic rings. The highest BCUT2D eigenvalue weighted by atomic mass is 16.6. The number of nitrogens with one attached hydrogen (secondary N) is 1. The van der Waals surface area contributed by atoms with Crippen LogP contribution in [0.5, 0.6) is 0 Å². The molecule has 2 saturated heterocycles. The lowest BCUT2D eigenvalue weighted by atomic mass is 10.0. The minimum Gasteiger partial charge on any atom is -0.450 e. The van der Waals surface area contributed by atoms with Gasteiger partial charge in [-0.2, -0.15) is 0 Å². The molecule has 3 rings (SSSR count). The lowest BCUT2D eigenvalue weighted by molar-refractivity contribution is 0.0963. The van der Waals surface area contributed by atoms with Crippen LogP contribution < -0.4 is 11.1 Å². The van der Waals surface area contributed by atoms with E-state index < -0.39 is 0 Å². The van der Waals surface area contributed by atoms with Gasteiger partial charge in [-0.25, -0.2) is 9.79 Å². The molecule has 0 bridgehead atoms. The van der Waals surface area contributed by atoms with Gasteiger partial charge in [0, 0.05) is 25.7 Å². The molecule has 0 spiro atoms. The van der Waals surface area contributed by atoms with Gasteiger partial charge in [0.25, 0.3) is 0 Å². The van der Waals surface area contributed by atoms with Crippen LogP contribution in [-0.2, 0) is 17.8 Å². The lowest BCUT2D eigenvalue weighted by Gasteiger charge is -2.31. The summed E-state index contributed by atoms with van der Waals surface area (Å²) in [6.45, 7) is 7.56. The van der Waals surface area contributed by atoms with Crippen molar-refractivity contribution in [3.63, 3.8) is 0 Å². The third-order valence-corrected chi connectivity index (χ3v) is 5.75. The number of benzene rings is 1. The zero-order valence-electron chi connectivity index (χ0n) is 17.6. The molecule has 0 unspecified atom stereocenters. The van der Waals surface area contributed by atoms with Crippen molar-refractivity contribution in [2.45, 2.75) is 58.2 Å². The first kappa shape index (κ1) is 21.4. The smallest absolute Gasteiger partial charge is 0.409 e. The predicted molar refractivity (Wildman–Crippen MR) is 116 cm³/mol. The Hall–Kier alpha value is -2.28. The average Bonchev–Trinajstić information content (AvgIpc) is 2.74. The van der Waals surface area contributed by atoms with Crippen molar-refractivity contribution in [3.8, 4) is 0 Å². The van der Waals surface area contributed by atoms with Crippen molar-refractivity contribution in [3.05, 3.63) is 35.4 Å². The molecular formula is C22H35N5O2. The van der Waals surface area contributed by atoms with E-state index in [4.69, 9.17) is 10.5 Å². The molecule has 2 fully saturated rings. The summed E-state index contributed by atoms with van der Waals surface area (Å²) < 4.78 is 5.07. The Morgan fingerprint density at radius 2 is 1.83 bits per heavy atom. The first-order valence-electron chi connectivity index (χ1n) is 10.9. The topological polar surface area (TPSA) is 83.2 Å². The van der Waals surface area contributed by atoms with Crippen LogP contribution in [0.1, 0.15) is 50.2 Å². The number of carbonyl (C=O) groups excluding carboxylic acids is 1. The Labute approximate surface area is 174 Å². The van der Waals surface area contributed by atoms with E-state index in [0.29, 0.717) is 32.2 Å². The third kappa shape index (κ3) is 6.63. The minimum atomic E-state index is -0.224. The SMILES string of the molecule is CCOC(=O)N1CCC(NC(N)=NCc2ccccc2CN2CCCCC2)CC1. The standard InChI is InChI=1S/C22H35N5O2/c1-2-29-22(28)27-14-10-20(11-15-27)25-21(23)24-16-18-8-4-5-9-19(18)17-26-12-6-3-7-13-26/h4-5,8-9,20H,2-3,6-7,10-17H2,1H3,(H3,23,24,25). The third-order valence-electron chi connectivity index (χ3n) is 5.75. The number of amides is 1. The van der Waals surface area contributed by atoms with Gasteiger partial charge < -0.3 is 20.7 Å². The van der Waals surface area contributed by atoms with Crippen LogP contribution in [0.15, 0.2) is 29.3 Å². The van der Waals surface area contributed by atoms with Gasteiger partial charge in [-0.3, -0.25) is 4.90 Å². The van der Waals surface area contributed by atoms with Gasteiger partial charge in [-0.15, -0.1) is 0 Å². The quantitative estimate of drug-likeness (QED) is 0.566. The Kier molecular flexibility index (Phi) is 8.16. The van der Waals surface area contributed by atoms with Crippen molar-refractivity contribution in [1.29, 1.82) is 0 Å². The maximum atomic E-state index is 11.8. The van der Waals surface area contributed by atoms with Crippen LogP contribution in [0.3, 0.4) is 0 Å². The van der Waals surface area contributed by atoms with Crippen LogP contribution in [-0.4, -0.2) is 60.7 Å². The molecule has 160 valence electrons. The number of ether oxygens (including phenoxy) is 1. The minimum absolute atomic E-state index is 0.224. The van der Waals surface area contributed by atoms with E-state index in [1.807, 2.05) is 6.92 Å². The van der Waals surface area contributed by atoms with Gasteiger partial charge in [-0.05, 0) is 56.8 Å². The number of piperidine rings is 2. The van der Waals surface area contributed by atoms with Crippen molar-refractivity contribution in [2.75, 3.05) is 32.8 Å². The molecule has 0 aliphatic carbocycles. The largest absolute Gasteiger partial charge is 0.450 e. The second kappa shape index (κ2) is 11.0. The molecule has 0 aromatic heterocycles. The number of guanidine groups is 1. The summed E-state index contributed by atoms with van der Waals surface area (Å²) in [6.07, 6.45) is 5.42. The van der Waals surface area contributed by atoms with Crippen molar-refractivity contribution in [2.24, 2.45) is 10.7 Å². The summed E-state index contributed by atoms with van der Waals surface area (Å²) >= 11 is 0. The zero-order chi connectivity index (χ0) is 20.5. The second-order valence-electron chi connectivity index (χ2n) is 7.91. The monoisotopic (exact) mass is 401 g/mol. The van der Waals surface area contributed by atoms with E-state index >= 15 is 0 Å². The Morgan fingerprint density at radius 1 is 1.14 bits per heavy atom. The van der Waals surface area contributed by atoms with Gasteiger partial charge in [0.15, 0.2) is 5.96 Å². The van der Waals surface area contributed by atoms with Crippen molar-refractivity contribution in [1.82, 2.24) is 15.1 Å². The fourth-order valence-corrected chi connectivity index (χ4v) is 4.07. The summed E-state index contributed by atoms with van der Waals surface area (Å²) in [4.78, 5) is 20.7. The van der Waals surface area contributed by atoms with E-state index in [1.54, 1.807) is 4.90 Å². The number of hydrogen-bond donors (Lipinski definition) is 2. The second-order valence-corrected chi connectivity index (χ2v) is 7.91. The predicted octanol–water partition coefficient (Wildman–Crippen LogP) is 2.70. The molecule has 0 saturated carbocycles. The number of nitrogens with two attached hydrogens (primary N) is 1. The van der Waals surface area contributed by atoms with Crippen LogP contribution >= 0.6 is 0 Å². The number of nitrogens with zero attached hydrogens (tertiary/aromatic N) is 3. The molecule has 3 N–H and O–H groups in total. The molecular weight excluding hydrogens is 366 g/mol. The van der Waals surface area contributed by atoms with Crippen LogP contribution in [0.4, 0.5) is 4.79 Å². The number of aliphatic imine (C=N–C) groups is 1. The molecule has 7 nitrogen and oxygen atoms in total. The molecule has 7 heteroatoms. The molecule has 1 amide bonds. The summed E-state index contributed by atoms with van der Waals surface area (Å²) in [7, 11) is 0. The highest BCUT2D eigenvalue weighted by molar-refractivity contribution is 5.78. The summed E-state index contributed by atoms with van der Waals surface area (Å²) in [6, 6.07) is 8.76. The van der Waals surface area contributed by atoms with Crippen LogP contribution in [0.25, 0.3) is 0 Å². The molecule has 29 heavy (non-hydrogen) atoms. The molecule has 0 atom stereocenters. The molecule has 2 heterocycles. The van der Waals surface area contributed by atoms with Gasteiger partial charge in [0.05, 0.1) is 13.2 Å².